The minimum atomic E-state index is -0.545. The van der Waals surface area contributed by atoms with Gasteiger partial charge < -0.3 is 19.9 Å². The molecule has 3 rings (SSSR count). The Kier molecular flexibility index (Phi) is 5.13. The lowest BCUT2D eigenvalue weighted by Gasteiger charge is -2.47. The highest BCUT2D eigenvalue weighted by molar-refractivity contribution is 5.93. The first kappa shape index (κ1) is 18.6. The maximum atomic E-state index is 12.6. The summed E-state index contributed by atoms with van der Waals surface area (Å²) in [5.74, 6) is 0.280. The van der Waals surface area contributed by atoms with Crippen LogP contribution in [0.5, 0.6) is 0 Å². The number of hydrogen-bond donors (Lipinski definition) is 2. The van der Waals surface area contributed by atoms with Crippen molar-refractivity contribution in [3.63, 3.8) is 0 Å². The fourth-order valence-electron chi connectivity index (χ4n) is 3.99. The number of aromatic amines is 1. The van der Waals surface area contributed by atoms with Crippen LogP contribution in [0.15, 0.2) is 11.0 Å². The monoisotopic (exact) mass is 362 g/mol. The Morgan fingerprint density at radius 1 is 1.35 bits per heavy atom. The number of aryl methyl sites for hydroxylation is 1. The number of carbonyl (C=O) groups excluding carboxylic acids is 2. The van der Waals surface area contributed by atoms with Crippen LogP contribution in [0.25, 0.3) is 0 Å². The number of aliphatic hydroxyl groups is 1. The molecule has 26 heavy (non-hydrogen) atoms. The molecule has 2 saturated heterocycles. The summed E-state index contributed by atoms with van der Waals surface area (Å²) < 4.78 is 0. The van der Waals surface area contributed by atoms with Gasteiger partial charge in [-0.3, -0.25) is 14.4 Å². The fraction of sp³-hybridized carbons (Fsp3) is 0.667. The molecule has 1 aromatic heterocycles. The van der Waals surface area contributed by atoms with Crippen molar-refractivity contribution < 1.29 is 14.7 Å². The highest BCUT2D eigenvalue weighted by Crippen LogP contribution is 2.40. The molecule has 2 fully saturated rings. The Morgan fingerprint density at radius 2 is 2.04 bits per heavy atom. The Morgan fingerprint density at radius 3 is 2.65 bits per heavy atom. The molecule has 1 spiro atoms. The zero-order valence-corrected chi connectivity index (χ0v) is 15.3. The first-order valence-corrected chi connectivity index (χ1v) is 9.11. The van der Waals surface area contributed by atoms with Gasteiger partial charge in [-0.05, 0) is 38.5 Å². The second-order valence-electron chi connectivity index (χ2n) is 7.63. The third kappa shape index (κ3) is 3.80. The van der Waals surface area contributed by atoms with E-state index in [0.29, 0.717) is 38.4 Å². The summed E-state index contributed by atoms with van der Waals surface area (Å²) in [6, 6.07) is 0. The summed E-state index contributed by atoms with van der Waals surface area (Å²) in [7, 11) is 0. The maximum Gasteiger partial charge on any atom is 0.263 e. The molecule has 2 N–H and O–H groups in total. The standard InChI is InChI=1S/C18H26N4O4/c1-12(23)10-22-11-18(4-3-15(22)24)5-7-21(8-6-18)17(26)14-9-19-13(2)20-16(14)25/h9,12,23H,3-8,10-11H2,1-2H3,(H,19,20,25)/t12-/m1/s1. The quantitative estimate of drug-likeness (QED) is 0.804. The van der Waals surface area contributed by atoms with E-state index in [-0.39, 0.29) is 22.8 Å². The lowest BCUT2D eigenvalue weighted by Crippen LogP contribution is -2.53. The number of amides is 2. The van der Waals surface area contributed by atoms with Gasteiger partial charge in [-0.25, -0.2) is 4.98 Å². The van der Waals surface area contributed by atoms with E-state index in [1.807, 2.05) is 0 Å². The Hall–Kier alpha value is -2.22. The molecule has 142 valence electrons. The predicted molar refractivity (Wildman–Crippen MR) is 94.7 cm³/mol. The van der Waals surface area contributed by atoms with Crippen LogP contribution in [0.2, 0.25) is 0 Å². The van der Waals surface area contributed by atoms with Gasteiger partial charge >= 0.3 is 0 Å². The first-order valence-electron chi connectivity index (χ1n) is 9.11. The minimum absolute atomic E-state index is 0.00245. The Labute approximate surface area is 152 Å². The van der Waals surface area contributed by atoms with Gasteiger partial charge in [-0.15, -0.1) is 0 Å². The molecular formula is C18H26N4O4. The van der Waals surface area contributed by atoms with Crippen molar-refractivity contribution in [1.29, 1.82) is 0 Å². The predicted octanol–water partition coefficient (Wildman–Crippen LogP) is 0.304. The SMILES string of the molecule is Cc1ncc(C(=O)N2CCC3(CCC(=O)N(C[C@@H](C)O)C3)CC2)c(=O)[nH]1. The summed E-state index contributed by atoms with van der Waals surface area (Å²) in [4.78, 5) is 46.7. The van der Waals surface area contributed by atoms with Crippen molar-refractivity contribution in [2.45, 2.75) is 45.6 Å². The smallest absolute Gasteiger partial charge is 0.263 e. The van der Waals surface area contributed by atoms with Gasteiger partial charge in [-0.1, -0.05) is 0 Å². The van der Waals surface area contributed by atoms with Gasteiger partial charge in [0.1, 0.15) is 11.4 Å². The topological polar surface area (TPSA) is 107 Å². The van der Waals surface area contributed by atoms with Crippen LogP contribution >= 0.6 is 0 Å². The highest BCUT2D eigenvalue weighted by Gasteiger charge is 2.42. The number of H-pyrrole nitrogens is 1. The van der Waals surface area contributed by atoms with Crippen LogP contribution in [0.3, 0.4) is 0 Å². The van der Waals surface area contributed by atoms with E-state index in [1.54, 1.807) is 23.6 Å². The molecule has 1 aromatic rings. The number of rotatable bonds is 3. The van der Waals surface area contributed by atoms with Gasteiger partial charge in [0.15, 0.2) is 0 Å². The van der Waals surface area contributed by atoms with E-state index >= 15 is 0 Å². The van der Waals surface area contributed by atoms with Crippen molar-refractivity contribution in [2.75, 3.05) is 26.2 Å². The average molecular weight is 362 g/mol. The summed E-state index contributed by atoms with van der Waals surface area (Å²) in [6.07, 6.45) is 3.68. The number of β-amino-alcohol motifs (C(OH)–C–C–N with tert-alkyl or cyclic N) is 1. The molecule has 0 radical (unpaired) electrons. The molecule has 2 aliphatic heterocycles. The van der Waals surface area contributed by atoms with Crippen molar-refractivity contribution in [1.82, 2.24) is 19.8 Å². The summed E-state index contributed by atoms with van der Waals surface area (Å²) in [5, 5.41) is 9.61. The van der Waals surface area contributed by atoms with Crippen LogP contribution in [-0.4, -0.2) is 69.0 Å². The van der Waals surface area contributed by atoms with E-state index in [2.05, 4.69) is 9.97 Å². The molecule has 0 aliphatic carbocycles. The largest absolute Gasteiger partial charge is 0.392 e. The van der Waals surface area contributed by atoms with Crippen LogP contribution in [0, 0.1) is 12.3 Å². The number of piperidine rings is 2. The van der Waals surface area contributed by atoms with E-state index in [4.69, 9.17) is 0 Å². The zero-order valence-electron chi connectivity index (χ0n) is 15.3. The number of hydrogen-bond acceptors (Lipinski definition) is 5. The summed E-state index contributed by atoms with van der Waals surface area (Å²) in [5.41, 5.74) is -0.340. The van der Waals surface area contributed by atoms with Gasteiger partial charge in [0, 0.05) is 38.8 Å². The fourth-order valence-corrected chi connectivity index (χ4v) is 3.99. The van der Waals surface area contributed by atoms with Gasteiger partial charge in [0.25, 0.3) is 11.5 Å². The molecule has 0 bridgehead atoms. The van der Waals surface area contributed by atoms with Gasteiger partial charge in [0.05, 0.1) is 6.10 Å². The summed E-state index contributed by atoms with van der Waals surface area (Å²) >= 11 is 0. The number of aliphatic hydroxyl groups excluding tert-OH is 1. The van der Waals surface area contributed by atoms with Crippen molar-refractivity contribution in [2.24, 2.45) is 5.41 Å². The Bertz CT molecular complexity index is 750. The van der Waals surface area contributed by atoms with E-state index in [0.717, 1.165) is 19.3 Å². The second-order valence-corrected chi connectivity index (χ2v) is 7.63. The molecule has 0 unspecified atom stereocenters. The zero-order chi connectivity index (χ0) is 18.9. The Balaban J connectivity index is 1.66. The summed E-state index contributed by atoms with van der Waals surface area (Å²) in [6.45, 7) is 5.46. The van der Waals surface area contributed by atoms with E-state index < -0.39 is 11.7 Å². The average Bonchev–Trinajstić information content (AvgIpc) is 2.58. The van der Waals surface area contributed by atoms with Crippen LogP contribution in [0.4, 0.5) is 0 Å². The second kappa shape index (κ2) is 7.19. The van der Waals surface area contributed by atoms with Gasteiger partial charge in [-0.2, -0.15) is 0 Å². The van der Waals surface area contributed by atoms with Crippen molar-refractivity contribution in [3.05, 3.63) is 27.9 Å². The highest BCUT2D eigenvalue weighted by atomic mass is 16.3. The number of carbonyl (C=O) groups is 2. The molecular weight excluding hydrogens is 336 g/mol. The van der Waals surface area contributed by atoms with E-state index in [9.17, 15) is 19.5 Å². The number of aromatic nitrogens is 2. The molecule has 1 atom stereocenters. The molecule has 0 saturated carbocycles. The molecule has 3 heterocycles. The number of nitrogens with zero attached hydrogens (tertiary/aromatic N) is 3. The molecule has 8 heteroatoms. The van der Waals surface area contributed by atoms with Crippen molar-refractivity contribution in [3.8, 4) is 0 Å². The third-order valence-electron chi connectivity index (χ3n) is 5.50. The normalized spacial score (nSPS) is 21.1. The lowest BCUT2D eigenvalue weighted by molar-refractivity contribution is -0.140. The molecule has 8 nitrogen and oxygen atoms in total. The van der Waals surface area contributed by atoms with E-state index in [1.165, 1.54) is 6.20 Å². The first-order chi connectivity index (χ1) is 12.3. The van der Waals surface area contributed by atoms with Gasteiger partial charge in [0.2, 0.25) is 5.91 Å². The van der Waals surface area contributed by atoms with Crippen molar-refractivity contribution >= 4 is 11.8 Å². The number of nitrogens with one attached hydrogen (secondary N) is 1. The lowest BCUT2D eigenvalue weighted by atomic mass is 9.72. The maximum absolute atomic E-state index is 12.6. The van der Waals surface area contributed by atoms with Crippen LogP contribution in [-0.2, 0) is 4.79 Å². The van der Waals surface area contributed by atoms with Crippen LogP contribution in [0.1, 0.15) is 48.8 Å². The third-order valence-corrected chi connectivity index (χ3v) is 5.50. The van der Waals surface area contributed by atoms with Crippen LogP contribution < -0.4 is 5.56 Å². The molecule has 2 aliphatic rings. The minimum Gasteiger partial charge on any atom is -0.392 e. The molecule has 0 aromatic carbocycles. The molecule has 2 amide bonds. The number of likely N-dealkylation sites (tertiary alicyclic amines) is 2.